The Bertz CT molecular complexity index is 1280. The number of carbonyl (C=O) groups is 6. The number of carbonyl (C=O) groups excluding carboxylic acids is 6. The summed E-state index contributed by atoms with van der Waals surface area (Å²) in [5.74, 6) is -2.20. The fourth-order valence-electron chi connectivity index (χ4n) is 6.16. The van der Waals surface area contributed by atoms with Crippen molar-refractivity contribution in [3.05, 3.63) is 24.3 Å². The van der Waals surface area contributed by atoms with E-state index in [1.165, 1.54) is 6.92 Å². The van der Waals surface area contributed by atoms with E-state index in [0.717, 1.165) is 0 Å². The molecule has 2 heterocycles. The van der Waals surface area contributed by atoms with Crippen molar-refractivity contribution < 1.29 is 57.6 Å². The van der Waals surface area contributed by atoms with E-state index in [2.05, 4.69) is 17.9 Å². The Morgan fingerprint density at radius 1 is 0.711 bits per heavy atom. The Morgan fingerprint density at radius 3 is 1.40 bits per heavy atom. The maximum atomic E-state index is 12.4. The van der Waals surface area contributed by atoms with Crippen LogP contribution in [0, 0.1) is 21.7 Å². The van der Waals surface area contributed by atoms with Crippen molar-refractivity contribution in [3.63, 3.8) is 0 Å². The molecule has 0 spiro atoms. The van der Waals surface area contributed by atoms with Gasteiger partial charge in [-0.25, -0.2) is 14.4 Å². The highest BCUT2D eigenvalue weighted by molar-refractivity contribution is 6.65. The highest BCUT2D eigenvalue weighted by Crippen LogP contribution is 2.67. The fourth-order valence-corrected chi connectivity index (χ4v) is 6.53. The van der Waals surface area contributed by atoms with Gasteiger partial charge in [0, 0.05) is 22.0 Å². The molecule has 2 saturated carbocycles. The van der Waals surface area contributed by atoms with Gasteiger partial charge in [-0.1, -0.05) is 40.9 Å². The van der Waals surface area contributed by atoms with Crippen molar-refractivity contribution >= 4 is 46.7 Å². The van der Waals surface area contributed by atoms with Gasteiger partial charge in [0.2, 0.25) is 5.60 Å². The van der Waals surface area contributed by atoms with Crippen molar-refractivity contribution in [1.29, 1.82) is 0 Å². The number of aliphatic hydroxyl groups excluding tert-OH is 1. The molecule has 0 aromatic rings. The summed E-state index contributed by atoms with van der Waals surface area (Å²) < 4.78 is 25.1. The first-order valence-corrected chi connectivity index (χ1v) is 15.0. The van der Waals surface area contributed by atoms with Crippen LogP contribution in [0.1, 0.15) is 81.1 Å². The Balaban J connectivity index is 0.000000262. The minimum atomic E-state index is -1.24. The van der Waals surface area contributed by atoms with E-state index in [1.54, 1.807) is 6.92 Å². The number of hydrogen-bond acceptors (Lipinski definition) is 12. The maximum absolute atomic E-state index is 12.4. The second kappa shape index (κ2) is 13.2. The van der Waals surface area contributed by atoms with Gasteiger partial charge >= 0.3 is 29.8 Å². The van der Waals surface area contributed by atoms with Gasteiger partial charge in [-0.15, -0.1) is 0 Å². The average molecular weight is 657 g/mol. The number of hydrogen-bond donors (Lipinski definition) is 1. The summed E-state index contributed by atoms with van der Waals surface area (Å²) in [6.07, 6.45) is 2.27. The second-order valence-electron chi connectivity index (χ2n) is 13.3. The van der Waals surface area contributed by atoms with Crippen LogP contribution in [-0.4, -0.2) is 77.8 Å². The molecule has 13 heteroatoms. The number of ether oxygens (including phenoxy) is 5. The lowest BCUT2D eigenvalue weighted by atomic mass is 9.66. The van der Waals surface area contributed by atoms with Gasteiger partial charge in [0.25, 0.3) is 5.24 Å². The van der Waals surface area contributed by atoms with Crippen molar-refractivity contribution in [2.45, 2.75) is 92.3 Å². The van der Waals surface area contributed by atoms with Crippen LogP contribution in [0.3, 0.4) is 0 Å². The van der Waals surface area contributed by atoms with Crippen LogP contribution in [0.4, 0.5) is 0 Å². The number of esters is 5. The van der Waals surface area contributed by atoms with Crippen LogP contribution in [-0.2, 0) is 52.5 Å². The van der Waals surface area contributed by atoms with Crippen LogP contribution in [0.2, 0.25) is 0 Å². The molecule has 4 unspecified atom stereocenters. The molecule has 4 aliphatic rings. The molecule has 12 nitrogen and oxygen atoms in total. The van der Waals surface area contributed by atoms with Gasteiger partial charge in [0.05, 0.1) is 17.4 Å². The van der Waals surface area contributed by atoms with Crippen LogP contribution >= 0.6 is 11.6 Å². The molecule has 0 amide bonds. The third-order valence-corrected chi connectivity index (χ3v) is 10.7. The summed E-state index contributed by atoms with van der Waals surface area (Å²) in [7, 11) is 0. The molecule has 2 aliphatic heterocycles. The Morgan fingerprint density at radius 2 is 1.09 bits per heavy atom. The van der Waals surface area contributed by atoms with E-state index in [-0.39, 0.29) is 43.9 Å². The lowest BCUT2D eigenvalue weighted by Gasteiger charge is -2.34. The largest absolute Gasteiger partial charge is 0.460 e. The monoisotopic (exact) mass is 656 g/mol. The minimum absolute atomic E-state index is 0.0473. The van der Waals surface area contributed by atoms with E-state index in [1.807, 2.05) is 41.5 Å². The smallest absolute Gasteiger partial charge is 0.351 e. The molecule has 0 aromatic heterocycles. The van der Waals surface area contributed by atoms with Crippen molar-refractivity contribution in [1.82, 2.24) is 0 Å². The minimum Gasteiger partial charge on any atom is -0.460 e. The zero-order valence-corrected chi connectivity index (χ0v) is 28.1. The average Bonchev–Trinajstić information content (AvgIpc) is 3.42. The Labute approximate surface area is 268 Å². The fraction of sp³-hybridized carbons (Fsp3) is 0.688. The van der Waals surface area contributed by atoms with E-state index in [9.17, 15) is 28.8 Å². The molecule has 4 fully saturated rings. The second-order valence-corrected chi connectivity index (χ2v) is 13.7. The third-order valence-electron chi connectivity index (χ3n) is 10.4. The third kappa shape index (κ3) is 6.15. The van der Waals surface area contributed by atoms with Crippen molar-refractivity contribution in [2.24, 2.45) is 21.7 Å². The van der Waals surface area contributed by atoms with Crippen LogP contribution in [0.5, 0.6) is 0 Å². The number of rotatable bonds is 9. The van der Waals surface area contributed by atoms with Crippen molar-refractivity contribution in [2.75, 3.05) is 26.4 Å². The molecule has 4 bridgehead atoms. The summed E-state index contributed by atoms with van der Waals surface area (Å²) in [6, 6.07) is 0. The van der Waals surface area contributed by atoms with Gasteiger partial charge in [-0.2, -0.15) is 0 Å². The molecule has 1 N–H and O–H groups in total. The quantitative estimate of drug-likeness (QED) is 0.126. The lowest BCUT2D eigenvalue weighted by molar-refractivity contribution is -0.184. The molecule has 2 aliphatic carbocycles. The van der Waals surface area contributed by atoms with E-state index >= 15 is 0 Å². The molecule has 252 valence electrons. The predicted molar refractivity (Wildman–Crippen MR) is 160 cm³/mol. The molecule has 0 radical (unpaired) electrons. The van der Waals surface area contributed by atoms with E-state index in [0.29, 0.717) is 31.3 Å². The molecule has 4 atom stereocenters. The molecular weight excluding hydrogens is 612 g/mol. The molecular formula is C32H45ClO12. The van der Waals surface area contributed by atoms with Gasteiger partial charge in [-0.3, -0.25) is 14.4 Å². The summed E-state index contributed by atoms with van der Waals surface area (Å²) in [5.41, 5.74) is -4.06. The topological polar surface area (TPSA) is 169 Å². The predicted octanol–water partition coefficient (Wildman–Crippen LogP) is 3.74. The van der Waals surface area contributed by atoms with Gasteiger partial charge in [-0.05, 0) is 65.0 Å². The molecule has 45 heavy (non-hydrogen) atoms. The zero-order valence-electron chi connectivity index (χ0n) is 27.4. The summed E-state index contributed by atoms with van der Waals surface area (Å²) in [5, 5.41) is 7.65. The van der Waals surface area contributed by atoms with Crippen LogP contribution in [0.15, 0.2) is 24.3 Å². The highest BCUT2D eigenvalue weighted by Gasteiger charge is 2.77. The number of fused-ring (bicyclic) bond motifs is 4. The normalized spacial score (nSPS) is 30.8. The first-order chi connectivity index (χ1) is 20.5. The van der Waals surface area contributed by atoms with Crippen molar-refractivity contribution in [3.8, 4) is 0 Å². The highest BCUT2D eigenvalue weighted by atomic mass is 35.5. The van der Waals surface area contributed by atoms with E-state index in [4.69, 9.17) is 35.7 Å². The van der Waals surface area contributed by atoms with Gasteiger partial charge in [0.1, 0.15) is 19.8 Å². The lowest BCUT2D eigenvalue weighted by Crippen LogP contribution is -2.49. The van der Waals surface area contributed by atoms with E-state index < -0.39 is 56.0 Å². The SMILES string of the molecule is C=C(C)C(=O)OCCO.C=C(C)C(=O)OCCOC(=O)C12CCC(C)(C(=O)O1)C2(C)C.CC12CCC(C(=O)Cl)(OC1=O)C2(C)C. The standard InChI is InChI=1S/C16H22O6.C10H13ClO3.C6H10O3/c1-10(2)11(17)20-8-9-21-13(19)16-7-6-15(5,12(18)22-16)14(16,3)4;1-8(2)9(3)4-5-10(8,6(11)12)14-7(9)13;1-5(2)6(8)9-4-3-7/h1,6-9H2,2-5H3;4-5H2,1-3H3;7H,1,3-4H2,2H3. The molecule has 0 aromatic carbocycles. The van der Waals surface area contributed by atoms with Crippen LogP contribution in [0.25, 0.3) is 0 Å². The Hall–Kier alpha value is -3.25. The summed E-state index contributed by atoms with van der Waals surface area (Å²) >= 11 is 5.56. The first kappa shape index (κ1) is 37.9. The summed E-state index contributed by atoms with van der Waals surface area (Å²) in [6.45, 7) is 20.8. The molecule has 2 saturated heterocycles. The zero-order chi connectivity index (χ0) is 34.8. The molecule has 4 rings (SSSR count). The summed E-state index contributed by atoms with van der Waals surface area (Å²) in [4.78, 5) is 69.3. The Kier molecular flexibility index (Phi) is 11.2. The number of halogens is 1. The number of aliphatic hydroxyl groups is 1. The maximum Gasteiger partial charge on any atom is 0.351 e. The van der Waals surface area contributed by atoms with Gasteiger partial charge in [0.15, 0.2) is 5.60 Å². The van der Waals surface area contributed by atoms with Gasteiger partial charge < -0.3 is 28.8 Å². The first-order valence-electron chi connectivity index (χ1n) is 14.6. The van der Waals surface area contributed by atoms with Crippen LogP contribution < -0.4 is 0 Å².